The summed E-state index contributed by atoms with van der Waals surface area (Å²) in [4.78, 5) is 22.5. The molecule has 0 unspecified atom stereocenters. The van der Waals surface area contributed by atoms with E-state index in [9.17, 15) is 9.18 Å². The maximum absolute atomic E-state index is 13.5. The van der Waals surface area contributed by atoms with E-state index in [1.807, 2.05) is 36.6 Å². The summed E-state index contributed by atoms with van der Waals surface area (Å²) in [6, 6.07) is 16.9. The lowest BCUT2D eigenvalue weighted by molar-refractivity contribution is 0.0948. The van der Waals surface area contributed by atoms with Crippen molar-refractivity contribution in [2.24, 2.45) is 0 Å². The normalized spacial score (nSPS) is 10.7. The highest BCUT2D eigenvalue weighted by atomic mass is 32.2. The Labute approximate surface area is 193 Å². The molecule has 0 fully saturated rings. The van der Waals surface area contributed by atoms with Crippen LogP contribution in [0.25, 0.3) is 0 Å². The lowest BCUT2D eigenvalue weighted by Gasteiger charge is -2.12. The van der Waals surface area contributed by atoms with Gasteiger partial charge in [0, 0.05) is 40.4 Å². The number of nitrogens with zero attached hydrogens (tertiary/aromatic N) is 2. The van der Waals surface area contributed by atoms with Crippen molar-refractivity contribution in [1.29, 1.82) is 0 Å². The molecule has 0 atom stereocenters. The Balaban J connectivity index is 1.43. The quantitative estimate of drug-likeness (QED) is 0.323. The van der Waals surface area contributed by atoms with Gasteiger partial charge in [0.05, 0.1) is 16.3 Å². The third kappa shape index (κ3) is 5.72. The molecule has 162 valence electrons. The summed E-state index contributed by atoms with van der Waals surface area (Å²) < 4.78 is 19.2. The largest absolute Gasteiger partial charge is 0.439 e. The number of ether oxygens (including phenoxy) is 1. The molecule has 0 saturated carbocycles. The van der Waals surface area contributed by atoms with Crippen molar-refractivity contribution in [2.75, 3.05) is 0 Å². The number of carbonyl (C=O) groups is 1. The van der Waals surface area contributed by atoms with Crippen molar-refractivity contribution in [3.8, 4) is 11.6 Å². The third-order valence-corrected chi connectivity index (χ3v) is 6.40. The fraction of sp³-hybridized carbons (Fsp3) is 0.125. The monoisotopic (exact) mass is 465 g/mol. The molecule has 4 aromatic rings. The molecule has 2 aromatic heterocycles. The Hall–Kier alpha value is -3.23. The van der Waals surface area contributed by atoms with Gasteiger partial charge >= 0.3 is 0 Å². The van der Waals surface area contributed by atoms with Crippen molar-refractivity contribution >= 4 is 29.0 Å². The third-order valence-electron chi connectivity index (χ3n) is 4.47. The molecule has 0 bridgehead atoms. The molecule has 4 rings (SSSR count). The first kappa shape index (κ1) is 22.0. The van der Waals surface area contributed by atoms with Crippen LogP contribution in [0.1, 0.15) is 26.6 Å². The number of halogens is 1. The van der Waals surface area contributed by atoms with Gasteiger partial charge in [-0.2, -0.15) is 0 Å². The highest BCUT2D eigenvalue weighted by Crippen LogP contribution is 2.27. The SMILES string of the molecule is Cc1nc(CSc2ccccc2C(=O)NCc2cccnc2Oc2cccc(F)c2)cs1. The number of benzene rings is 2. The van der Waals surface area contributed by atoms with Crippen molar-refractivity contribution < 1.29 is 13.9 Å². The van der Waals surface area contributed by atoms with Crippen molar-refractivity contribution in [3.63, 3.8) is 0 Å². The first-order valence-corrected chi connectivity index (χ1v) is 11.7. The molecule has 2 heterocycles. The van der Waals surface area contributed by atoms with Gasteiger partial charge in [-0.1, -0.05) is 24.3 Å². The Bertz CT molecular complexity index is 1230. The van der Waals surface area contributed by atoms with Crippen LogP contribution in [0.3, 0.4) is 0 Å². The average molecular weight is 466 g/mol. The second kappa shape index (κ2) is 10.4. The molecule has 2 aromatic carbocycles. The Morgan fingerprint density at radius 2 is 2.03 bits per heavy atom. The van der Waals surface area contributed by atoms with Crippen molar-refractivity contribution in [1.82, 2.24) is 15.3 Å². The molecule has 5 nitrogen and oxygen atoms in total. The van der Waals surface area contributed by atoms with E-state index in [0.717, 1.165) is 15.6 Å². The lowest BCUT2D eigenvalue weighted by atomic mass is 10.2. The van der Waals surface area contributed by atoms with Crippen molar-refractivity contribution in [3.05, 3.63) is 99.9 Å². The minimum atomic E-state index is -0.393. The molecular weight excluding hydrogens is 445 g/mol. The summed E-state index contributed by atoms with van der Waals surface area (Å²) in [6.45, 7) is 2.20. The van der Waals surface area contributed by atoms with E-state index >= 15 is 0 Å². The molecule has 0 aliphatic heterocycles. The smallest absolute Gasteiger partial charge is 0.252 e. The van der Waals surface area contributed by atoms with Gasteiger partial charge in [0.1, 0.15) is 11.6 Å². The molecule has 1 N–H and O–H groups in total. The number of hydrogen-bond donors (Lipinski definition) is 1. The number of thiazole rings is 1. The van der Waals surface area contributed by atoms with E-state index in [1.165, 1.54) is 12.1 Å². The molecule has 0 radical (unpaired) electrons. The summed E-state index contributed by atoms with van der Waals surface area (Å²) in [5.41, 5.74) is 2.29. The lowest BCUT2D eigenvalue weighted by Crippen LogP contribution is -2.23. The first-order chi connectivity index (χ1) is 15.6. The minimum absolute atomic E-state index is 0.192. The average Bonchev–Trinajstić information content (AvgIpc) is 3.22. The fourth-order valence-corrected chi connectivity index (χ4v) is 4.63. The Morgan fingerprint density at radius 1 is 1.16 bits per heavy atom. The van der Waals surface area contributed by atoms with Gasteiger partial charge in [-0.3, -0.25) is 4.79 Å². The maximum atomic E-state index is 13.5. The first-order valence-electron chi connectivity index (χ1n) is 9.87. The number of nitrogens with one attached hydrogen (secondary N) is 1. The highest BCUT2D eigenvalue weighted by molar-refractivity contribution is 7.98. The maximum Gasteiger partial charge on any atom is 0.252 e. The number of rotatable bonds is 8. The summed E-state index contributed by atoms with van der Waals surface area (Å²) in [7, 11) is 0. The Morgan fingerprint density at radius 3 is 2.84 bits per heavy atom. The van der Waals surface area contributed by atoms with E-state index < -0.39 is 5.82 Å². The molecular formula is C24H20FN3O2S2. The molecule has 0 saturated heterocycles. The second-order valence-electron chi connectivity index (χ2n) is 6.85. The number of thioether (sulfide) groups is 1. The summed E-state index contributed by atoms with van der Waals surface area (Å²) >= 11 is 3.20. The standard InChI is InChI=1S/C24H20FN3O2S2/c1-16-28-19(14-31-16)15-32-22-10-3-2-9-21(22)23(29)27-13-17-6-5-11-26-24(17)30-20-8-4-7-18(25)12-20/h2-12,14H,13,15H2,1H3,(H,27,29). The van der Waals surface area contributed by atoms with Crippen molar-refractivity contribution in [2.45, 2.75) is 24.1 Å². The fourth-order valence-electron chi connectivity index (χ4n) is 2.97. The summed E-state index contributed by atoms with van der Waals surface area (Å²) in [5.74, 6) is 0.775. The topological polar surface area (TPSA) is 64.1 Å². The Kier molecular flexibility index (Phi) is 7.14. The summed E-state index contributed by atoms with van der Waals surface area (Å²) in [5, 5.41) is 6.00. The van der Waals surface area contributed by atoms with Crippen LogP contribution < -0.4 is 10.1 Å². The van der Waals surface area contributed by atoms with Crippen LogP contribution in [0, 0.1) is 12.7 Å². The molecule has 0 spiro atoms. The van der Waals surface area contributed by atoms with Crippen LogP contribution in [0.4, 0.5) is 4.39 Å². The van der Waals surface area contributed by atoms with Crippen LogP contribution in [0.2, 0.25) is 0 Å². The van der Waals surface area contributed by atoms with Crippen LogP contribution in [-0.2, 0) is 12.3 Å². The van der Waals surface area contributed by atoms with Gasteiger partial charge < -0.3 is 10.1 Å². The molecule has 0 aliphatic carbocycles. The zero-order valence-corrected chi connectivity index (χ0v) is 18.9. The number of aromatic nitrogens is 2. The van der Waals surface area contributed by atoms with Gasteiger partial charge in [0.15, 0.2) is 0 Å². The zero-order valence-electron chi connectivity index (χ0n) is 17.2. The number of hydrogen-bond acceptors (Lipinski definition) is 6. The van der Waals surface area contributed by atoms with Crippen LogP contribution in [0.5, 0.6) is 11.6 Å². The van der Waals surface area contributed by atoms with Crippen LogP contribution in [0.15, 0.2) is 77.1 Å². The minimum Gasteiger partial charge on any atom is -0.439 e. The molecule has 32 heavy (non-hydrogen) atoms. The van der Waals surface area contributed by atoms with E-state index in [1.54, 1.807) is 53.6 Å². The van der Waals surface area contributed by atoms with Gasteiger partial charge in [-0.15, -0.1) is 23.1 Å². The van der Waals surface area contributed by atoms with Crippen LogP contribution >= 0.6 is 23.1 Å². The van der Waals surface area contributed by atoms with E-state index in [0.29, 0.717) is 28.5 Å². The predicted molar refractivity (Wildman–Crippen MR) is 125 cm³/mol. The highest BCUT2D eigenvalue weighted by Gasteiger charge is 2.14. The molecule has 1 amide bonds. The number of pyridine rings is 1. The van der Waals surface area contributed by atoms with E-state index in [-0.39, 0.29) is 12.5 Å². The second-order valence-corrected chi connectivity index (χ2v) is 8.93. The predicted octanol–water partition coefficient (Wildman–Crippen LogP) is 6.00. The van der Waals surface area contributed by atoms with Gasteiger partial charge in [-0.05, 0) is 37.3 Å². The summed E-state index contributed by atoms with van der Waals surface area (Å²) in [6.07, 6.45) is 1.59. The molecule has 0 aliphatic rings. The zero-order chi connectivity index (χ0) is 22.3. The number of aryl methyl sites for hydroxylation is 1. The van der Waals surface area contributed by atoms with Gasteiger partial charge in [0.25, 0.3) is 5.91 Å². The van der Waals surface area contributed by atoms with Gasteiger partial charge in [0.2, 0.25) is 5.88 Å². The van der Waals surface area contributed by atoms with Crippen LogP contribution in [-0.4, -0.2) is 15.9 Å². The number of carbonyl (C=O) groups excluding carboxylic acids is 1. The van der Waals surface area contributed by atoms with E-state index in [4.69, 9.17) is 4.74 Å². The number of amides is 1. The van der Waals surface area contributed by atoms with Gasteiger partial charge in [-0.25, -0.2) is 14.4 Å². The van der Waals surface area contributed by atoms with E-state index in [2.05, 4.69) is 15.3 Å². The molecule has 8 heteroatoms.